The second-order valence-electron chi connectivity index (χ2n) is 4.50. The summed E-state index contributed by atoms with van der Waals surface area (Å²) in [6.07, 6.45) is 0. The molecule has 0 bridgehead atoms. The summed E-state index contributed by atoms with van der Waals surface area (Å²) in [6.45, 7) is 1.90. The lowest BCUT2D eigenvalue weighted by molar-refractivity contribution is -0.138. The average Bonchev–Trinajstić information content (AvgIpc) is 2.66. The van der Waals surface area contributed by atoms with Crippen molar-refractivity contribution in [1.82, 2.24) is 4.90 Å². The lowest BCUT2D eigenvalue weighted by Gasteiger charge is -2.20. The summed E-state index contributed by atoms with van der Waals surface area (Å²) in [4.78, 5) is 25.8. The van der Waals surface area contributed by atoms with Crippen LogP contribution in [0, 0.1) is 18.3 Å². The van der Waals surface area contributed by atoms with Gasteiger partial charge in [0.1, 0.15) is 0 Å². The Kier molecular flexibility index (Phi) is 3.13. The highest BCUT2D eigenvalue weighted by atomic mass is 16.4. The van der Waals surface area contributed by atoms with Crippen LogP contribution in [-0.4, -0.2) is 41.6 Å². The number of nitrogens with zero attached hydrogens (tertiary/aromatic N) is 3. The Morgan fingerprint density at radius 3 is 2.74 bits per heavy atom. The maximum absolute atomic E-state index is 12.0. The molecule has 19 heavy (non-hydrogen) atoms. The van der Waals surface area contributed by atoms with Gasteiger partial charge in [0.05, 0.1) is 18.2 Å². The minimum absolute atomic E-state index is 0.146. The number of aryl methyl sites for hydroxylation is 1. The number of urea groups is 1. The van der Waals surface area contributed by atoms with Crippen LogP contribution in [0.15, 0.2) is 18.2 Å². The number of benzene rings is 1. The molecule has 98 valence electrons. The van der Waals surface area contributed by atoms with Crippen LogP contribution in [0.3, 0.4) is 0 Å². The van der Waals surface area contributed by atoms with Crippen molar-refractivity contribution in [1.29, 1.82) is 5.26 Å². The summed E-state index contributed by atoms with van der Waals surface area (Å²) in [5.41, 5.74) is 1.72. The van der Waals surface area contributed by atoms with Gasteiger partial charge in [-0.3, -0.25) is 4.90 Å². The molecule has 1 aliphatic heterocycles. The number of hydrogen-bond acceptors (Lipinski definition) is 3. The van der Waals surface area contributed by atoms with E-state index < -0.39 is 12.0 Å². The van der Waals surface area contributed by atoms with Gasteiger partial charge in [-0.1, -0.05) is 0 Å². The number of likely N-dealkylation sites (N-methyl/N-ethyl adjacent to an activating group) is 1. The Balaban J connectivity index is 2.44. The first-order chi connectivity index (χ1) is 8.95. The van der Waals surface area contributed by atoms with E-state index in [2.05, 4.69) is 0 Å². The molecule has 1 fully saturated rings. The van der Waals surface area contributed by atoms with E-state index in [4.69, 9.17) is 5.26 Å². The summed E-state index contributed by atoms with van der Waals surface area (Å²) in [7, 11) is 1.56. The molecule has 2 amide bonds. The minimum Gasteiger partial charge on any atom is -0.480 e. The molecule has 0 spiro atoms. The van der Waals surface area contributed by atoms with E-state index in [-0.39, 0.29) is 12.6 Å². The molecule has 0 aromatic heterocycles. The van der Waals surface area contributed by atoms with Crippen LogP contribution >= 0.6 is 0 Å². The zero-order valence-corrected chi connectivity index (χ0v) is 10.6. The molecule has 2 rings (SSSR count). The van der Waals surface area contributed by atoms with Gasteiger partial charge in [-0.2, -0.15) is 5.26 Å². The molecule has 1 atom stereocenters. The second-order valence-corrected chi connectivity index (χ2v) is 4.50. The second kappa shape index (κ2) is 4.61. The molecular formula is C13H13N3O3. The summed E-state index contributed by atoms with van der Waals surface area (Å²) >= 11 is 0. The van der Waals surface area contributed by atoms with Crippen molar-refractivity contribution in [3.05, 3.63) is 29.3 Å². The van der Waals surface area contributed by atoms with Crippen LogP contribution in [0.2, 0.25) is 0 Å². The maximum Gasteiger partial charge on any atom is 0.328 e. The van der Waals surface area contributed by atoms with Gasteiger partial charge in [-0.05, 0) is 30.7 Å². The normalized spacial score (nSPS) is 18.6. The first-order valence-electron chi connectivity index (χ1n) is 5.73. The number of rotatable bonds is 2. The van der Waals surface area contributed by atoms with Crippen molar-refractivity contribution in [2.75, 3.05) is 18.5 Å². The van der Waals surface area contributed by atoms with E-state index in [1.165, 1.54) is 9.80 Å². The van der Waals surface area contributed by atoms with Gasteiger partial charge in [-0.15, -0.1) is 0 Å². The van der Waals surface area contributed by atoms with Crippen molar-refractivity contribution >= 4 is 17.7 Å². The van der Waals surface area contributed by atoms with Gasteiger partial charge in [0.2, 0.25) is 0 Å². The number of carbonyl (C=O) groups excluding carboxylic acids is 1. The Hall–Kier alpha value is -2.55. The Bertz CT molecular complexity index is 591. The van der Waals surface area contributed by atoms with Crippen molar-refractivity contribution in [2.24, 2.45) is 0 Å². The lowest BCUT2D eigenvalue weighted by Crippen LogP contribution is -2.39. The van der Waals surface area contributed by atoms with Crippen LogP contribution in [0.5, 0.6) is 0 Å². The fourth-order valence-corrected chi connectivity index (χ4v) is 2.14. The molecule has 0 aliphatic carbocycles. The van der Waals surface area contributed by atoms with E-state index in [9.17, 15) is 14.7 Å². The number of hydrogen-bond donors (Lipinski definition) is 1. The van der Waals surface area contributed by atoms with Crippen LogP contribution in [0.4, 0.5) is 10.5 Å². The quantitative estimate of drug-likeness (QED) is 0.864. The Labute approximate surface area is 110 Å². The molecule has 0 saturated carbocycles. The Morgan fingerprint density at radius 1 is 1.53 bits per heavy atom. The highest BCUT2D eigenvalue weighted by Gasteiger charge is 2.40. The summed E-state index contributed by atoms with van der Waals surface area (Å²) < 4.78 is 0. The predicted molar refractivity (Wildman–Crippen MR) is 67.8 cm³/mol. The highest BCUT2D eigenvalue weighted by Crippen LogP contribution is 2.26. The lowest BCUT2D eigenvalue weighted by atomic mass is 10.1. The third-order valence-electron chi connectivity index (χ3n) is 3.18. The van der Waals surface area contributed by atoms with Crippen molar-refractivity contribution < 1.29 is 14.7 Å². The van der Waals surface area contributed by atoms with E-state index in [1.54, 1.807) is 32.2 Å². The zero-order valence-electron chi connectivity index (χ0n) is 10.6. The Morgan fingerprint density at radius 2 is 2.21 bits per heavy atom. The fraction of sp³-hybridized carbons (Fsp3) is 0.308. The number of carbonyl (C=O) groups is 2. The average molecular weight is 259 g/mol. The SMILES string of the molecule is Cc1cc(N2C(=O)N(C)CC2C(=O)O)ccc1C#N. The minimum atomic E-state index is -1.04. The molecule has 1 aromatic carbocycles. The van der Waals surface area contributed by atoms with E-state index in [0.717, 1.165) is 0 Å². The van der Waals surface area contributed by atoms with Crippen molar-refractivity contribution in [3.63, 3.8) is 0 Å². The van der Waals surface area contributed by atoms with Crippen molar-refractivity contribution in [2.45, 2.75) is 13.0 Å². The molecule has 1 unspecified atom stereocenters. The molecule has 1 aliphatic rings. The number of carboxylic acid groups (broad SMARTS) is 1. The largest absolute Gasteiger partial charge is 0.480 e. The monoisotopic (exact) mass is 259 g/mol. The number of anilines is 1. The van der Waals surface area contributed by atoms with E-state index >= 15 is 0 Å². The standard InChI is InChI=1S/C13H13N3O3/c1-8-5-10(4-3-9(8)6-14)16-11(12(17)18)7-15(2)13(16)19/h3-5,11H,7H2,1-2H3,(H,17,18). The van der Waals surface area contributed by atoms with Gasteiger partial charge in [0.15, 0.2) is 6.04 Å². The number of amides is 2. The maximum atomic E-state index is 12.0. The first-order valence-corrected chi connectivity index (χ1v) is 5.73. The molecule has 6 nitrogen and oxygen atoms in total. The molecule has 1 heterocycles. The van der Waals surface area contributed by atoms with Gasteiger partial charge in [-0.25, -0.2) is 9.59 Å². The number of nitriles is 1. The topological polar surface area (TPSA) is 84.6 Å². The third-order valence-corrected chi connectivity index (χ3v) is 3.18. The van der Waals surface area contributed by atoms with E-state index in [1.807, 2.05) is 6.07 Å². The van der Waals surface area contributed by atoms with E-state index in [0.29, 0.717) is 16.8 Å². The van der Waals surface area contributed by atoms with Crippen LogP contribution in [0.1, 0.15) is 11.1 Å². The fourth-order valence-electron chi connectivity index (χ4n) is 2.14. The number of carboxylic acids is 1. The van der Waals surface area contributed by atoms with Gasteiger partial charge < -0.3 is 10.0 Å². The molecular weight excluding hydrogens is 246 g/mol. The highest BCUT2D eigenvalue weighted by molar-refractivity contribution is 6.01. The van der Waals surface area contributed by atoms with Gasteiger partial charge in [0, 0.05) is 12.7 Å². The molecule has 1 aromatic rings. The molecule has 0 radical (unpaired) electrons. The summed E-state index contributed by atoms with van der Waals surface area (Å²) in [5.74, 6) is -1.04. The zero-order chi connectivity index (χ0) is 14.2. The van der Waals surface area contributed by atoms with Gasteiger partial charge in [0.25, 0.3) is 0 Å². The van der Waals surface area contributed by atoms with Crippen LogP contribution < -0.4 is 4.90 Å². The smallest absolute Gasteiger partial charge is 0.328 e. The first kappa shape index (κ1) is 12.9. The third kappa shape index (κ3) is 2.10. The van der Waals surface area contributed by atoms with Crippen molar-refractivity contribution in [3.8, 4) is 6.07 Å². The van der Waals surface area contributed by atoms with Crippen LogP contribution in [-0.2, 0) is 4.79 Å². The predicted octanol–water partition coefficient (Wildman–Crippen LogP) is 1.19. The van der Waals surface area contributed by atoms with Gasteiger partial charge >= 0.3 is 12.0 Å². The summed E-state index contributed by atoms with van der Waals surface area (Å²) in [6, 6.07) is 5.63. The number of aliphatic carboxylic acids is 1. The summed E-state index contributed by atoms with van der Waals surface area (Å²) in [5, 5.41) is 18.1. The molecule has 6 heteroatoms. The molecule has 1 N–H and O–H groups in total. The van der Waals surface area contributed by atoms with Crippen LogP contribution in [0.25, 0.3) is 0 Å². The molecule has 1 saturated heterocycles.